The van der Waals surface area contributed by atoms with E-state index in [1.54, 1.807) is 76.6 Å². The van der Waals surface area contributed by atoms with Crippen molar-refractivity contribution in [1.29, 1.82) is 0 Å². The number of carbonyl (C=O) groups is 4. The van der Waals surface area contributed by atoms with E-state index in [4.69, 9.17) is 16.3 Å². The summed E-state index contributed by atoms with van der Waals surface area (Å²) in [5, 5.41) is 68.7. The lowest BCUT2D eigenvalue weighted by molar-refractivity contribution is -0.146. The van der Waals surface area contributed by atoms with Crippen molar-refractivity contribution in [3.8, 4) is 0 Å². The van der Waals surface area contributed by atoms with Crippen LogP contribution in [0.5, 0.6) is 0 Å². The van der Waals surface area contributed by atoms with E-state index in [2.05, 4.69) is 124 Å². The fourth-order valence-corrected chi connectivity index (χ4v) is 11.0. The predicted molar refractivity (Wildman–Crippen MR) is 409 cm³/mol. The van der Waals surface area contributed by atoms with Crippen molar-refractivity contribution in [1.82, 2.24) is 95.2 Å². The molecular formula is C72H86ClF4N27O5. The van der Waals surface area contributed by atoms with E-state index in [1.165, 1.54) is 18.2 Å². The van der Waals surface area contributed by atoms with Crippen LogP contribution in [0.25, 0.3) is 22.6 Å². The van der Waals surface area contributed by atoms with E-state index in [-0.39, 0.29) is 65.8 Å². The molecule has 8 aromatic heterocycles. The summed E-state index contributed by atoms with van der Waals surface area (Å²) in [5.74, 6) is 2.53. The molecule has 0 aliphatic heterocycles. The molecule has 8 heterocycles. The van der Waals surface area contributed by atoms with E-state index in [1.807, 2.05) is 150 Å². The van der Waals surface area contributed by atoms with Gasteiger partial charge in [0.25, 0.3) is 5.82 Å². The predicted octanol–water partition coefficient (Wildman–Crippen LogP) is 13.0. The van der Waals surface area contributed by atoms with E-state index in [0.29, 0.717) is 98.1 Å². The van der Waals surface area contributed by atoms with Crippen LogP contribution < -0.4 is 56.8 Å². The first kappa shape index (κ1) is 80.5. The van der Waals surface area contributed by atoms with Crippen LogP contribution in [-0.2, 0) is 10.9 Å². The van der Waals surface area contributed by atoms with Crippen LogP contribution in [0.1, 0.15) is 125 Å². The third-order valence-corrected chi connectivity index (χ3v) is 17.7. The molecule has 0 saturated carbocycles. The number of urea groups is 3. The van der Waals surface area contributed by atoms with Gasteiger partial charge in [0.2, 0.25) is 22.6 Å². The largest absolute Gasteiger partial charge is 0.453 e. The Labute approximate surface area is 630 Å². The third kappa shape index (κ3) is 19.7. The highest BCUT2D eigenvalue weighted by Crippen LogP contribution is 2.35. The van der Waals surface area contributed by atoms with Gasteiger partial charge < -0.3 is 56.2 Å². The van der Waals surface area contributed by atoms with Crippen molar-refractivity contribution in [2.75, 3.05) is 95.3 Å². The number of anilines is 8. The van der Waals surface area contributed by atoms with Gasteiger partial charge in [-0.25, -0.2) is 23.6 Å². The number of fused-ring (bicyclic) bond motifs is 4. The Kier molecular flexibility index (Phi) is 26.7. The highest BCUT2D eigenvalue weighted by atomic mass is 35.5. The number of ether oxygens (including phenoxy) is 1. The van der Waals surface area contributed by atoms with Gasteiger partial charge in [-0.3, -0.25) is 5.32 Å². The molecular weight excluding hydrogens is 1430 g/mol. The normalized spacial score (nSPS) is 12.2. The van der Waals surface area contributed by atoms with Gasteiger partial charge >= 0.3 is 30.4 Å². The van der Waals surface area contributed by atoms with E-state index in [9.17, 15) is 36.7 Å². The Morgan fingerprint density at radius 1 is 0.431 bits per heavy atom. The minimum atomic E-state index is -4.75. The number of carbonyl (C=O) groups excluding carboxylic acids is 4. The molecule has 37 heteroatoms. The van der Waals surface area contributed by atoms with Gasteiger partial charge in [0, 0.05) is 77.1 Å². The standard InChI is InChI=1S/C18H22ClN7O.C18H20F3N7O.C18H22FN7O.C18H22N6O2/c1-5-20-18(27)21-15-10-16(24-26-12(3)22-23-17(15)26)25(4)11(2)13-6-8-14(19)9-7-13;1-4-22-17(29)23-13-10-14(27(3)11(2)12-8-6-5-7-9-12)26-28-15(13)24-25-16(28)18(19,20)21;1-5-20-18(27)21-15-10-16(24-26-12(3)22-23-17(15)26)25(4)11(2)13-6-8-14(19)9-7-13;1-5-26-18(25)19-15-11-16(22-24-13(3)20-21-17(15)24)23(4)12(2)14-9-7-6-8-10-14/h6-11H,5H2,1-4H3,(H2,20,21,27);5-11H,4H2,1-3H3,(H2,22,23,29);6-11H,5H2,1-4H3,(H2,20,21,27);6-12H,5H2,1-4H3,(H,19,25)/t3*11-;12-/m0000/s1. The number of halogens is 5. The summed E-state index contributed by atoms with van der Waals surface area (Å²) in [7, 11) is 7.50. The summed E-state index contributed by atoms with van der Waals surface area (Å²) in [4.78, 5) is 55.5. The molecule has 0 aliphatic rings. The molecule has 0 radical (unpaired) electrons. The quantitative estimate of drug-likeness (QED) is 0.0349. The second kappa shape index (κ2) is 36.1. The van der Waals surface area contributed by atoms with Gasteiger partial charge in [0.15, 0.2) is 40.7 Å². The van der Waals surface area contributed by atoms with Crippen molar-refractivity contribution < 1.29 is 41.5 Å². The SMILES string of the molecule is CCNC(=O)Nc1cc(N(C)[C@@H](C)c2ccc(Cl)cc2)nn2c(C)nnc12.CCNC(=O)Nc1cc(N(C)[C@@H](C)c2ccc(F)cc2)nn2c(C)nnc12.CCNC(=O)Nc1cc(N(C)[C@@H](C)c2ccccc2)nn2c(C(F)(F)F)nnc12.CCOC(=O)Nc1cc(N(C)[C@@H](C)c2ccccc2)nn2c(C)nnc12. The molecule has 4 atom stereocenters. The fraction of sp³-hybridized carbons (Fsp3) is 0.333. The van der Waals surface area contributed by atoms with Crippen LogP contribution in [0.4, 0.5) is 82.8 Å². The Bertz CT molecular complexity index is 4930. The first-order valence-electron chi connectivity index (χ1n) is 34.7. The maximum absolute atomic E-state index is 13.3. The van der Waals surface area contributed by atoms with E-state index in [0.717, 1.165) is 22.3 Å². The molecule has 12 rings (SSSR count). The molecule has 7 N–H and O–H groups in total. The number of amides is 7. The van der Waals surface area contributed by atoms with Crippen LogP contribution in [-0.4, -0.2) is 158 Å². The van der Waals surface area contributed by atoms with Crippen LogP contribution in [0.2, 0.25) is 5.02 Å². The number of hydrogen-bond acceptors (Lipinski definition) is 21. The number of nitrogens with one attached hydrogen (secondary N) is 7. The van der Waals surface area contributed by atoms with Crippen molar-refractivity contribution in [2.24, 2.45) is 0 Å². The summed E-state index contributed by atoms with van der Waals surface area (Å²) in [5.41, 5.74) is 7.01. The van der Waals surface area contributed by atoms with Crippen LogP contribution >= 0.6 is 11.6 Å². The highest BCUT2D eigenvalue weighted by molar-refractivity contribution is 6.30. The molecule has 0 saturated heterocycles. The first-order valence-corrected chi connectivity index (χ1v) is 35.0. The van der Waals surface area contributed by atoms with Crippen molar-refractivity contribution in [2.45, 2.75) is 107 Å². The Morgan fingerprint density at radius 2 is 0.725 bits per heavy atom. The number of hydrogen-bond donors (Lipinski definition) is 7. The lowest BCUT2D eigenvalue weighted by Crippen LogP contribution is -2.29. The summed E-state index contributed by atoms with van der Waals surface area (Å²) in [6.07, 6.45) is -5.29. The average Bonchev–Trinajstić information content (AvgIpc) is 1.68. The minimum Gasteiger partial charge on any atom is -0.450 e. The molecule has 574 valence electrons. The Balaban J connectivity index is 0.000000168. The zero-order valence-corrected chi connectivity index (χ0v) is 63.5. The van der Waals surface area contributed by atoms with Crippen LogP contribution in [0.3, 0.4) is 0 Å². The molecule has 0 aliphatic carbocycles. The molecule has 109 heavy (non-hydrogen) atoms. The topological polar surface area (TPSA) is 347 Å². The van der Waals surface area contributed by atoms with Gasteiger partial charge in [-0.2, -0.15) is 31.2 Å². The van der Waals surface area contributed by atoms with Gasteiger partial charge in [-0.05, 0) is 123 Å². The molecule has 0 fully saturated rings. The number of aromatic nitrogens is 16. The maximum atomic E-state index is 13.3. The minimum absolute atomic E-state index is 0.0429. The zero-order valence-electron chi connectivity index (χ0n) is 62.7. The second-order valence-electron chi connectivity index (χ2n) is 24.7. The second-order valence-corrected chi connectivity index (χ2v) is 25.2. The van der Waals surface area contributed by atoms with Gasteiger partial charge in [-0.15, -0.1) is 61.2 Å². The average molecular weight is 1520 g/mol. The maximum Gasteiger partial charge on any atom is 0.453 e. The van der Waals surface area contributed by atoms with Gasteiger partial charge in [0.1, 0.15) is 5.82 Å². The Hall–Kier alpha value is -12.6. The molecule has 0 spiro atoms. The molecule has 7 amide bonds. The summed E-state index contributed by atoms with van der Waals surface area (Å²) in [6, 6.07) is 39.1. The molecule has 0 unspecified atom stereocenters. The smallest absolute Gasteiger partial charge is 0.450 e. The van der Waals surface area contributed by atoms with Crippen molar-refractivity contribution >= 4 is 104 Å². The number of aryl methyl sites for hydroxylation is 3. The molecule has 4 aromatic carbocycles. The van der Waals surface area contributed by atoms with Crippen LogP contribution in [0.15, 0.2) is 133 Å². The monoisotopic (exact) mass is 1520 g/mol. The van der Waals surface area contributed by atoms with E-state index < -0.39 is 24.1 Å². The zero-order chi connectivity index (χ0) is 79.0. The third-order valence-electron chi connectivity index (χ3n) is 17.5. The van der Waals surface area contributed by atoms with Crippen molar-refractivity contribution in [3.63, 3.8) is 0 Å². The van der Waals surface area contributed by atoms with Crippen molar-refractivity contribution in [3.05, 3.63) is 190 Å². The molecule has 12 aromatic rings. The van der Waals surface area contributed by atoms with Crippen LogP contribution in [0, 0.1) is 26.6 Å². The Morgan fingerprint density at radius 3 is 1.05 bits per heavy atom. The first-order chi connectivity index (χ1) is 52.0. The summed E-state index contributed by atoms with van der Waals surface area (Å²) in [6.45, 7) is 22.3. The number of benzene rings is 4. The number of alkyl halides is 3. The fourth-order valence-electron chi connectivity index (χ4n) is 10.9. The van der Waals surface area contributed by atoms with Gasteiger partial charge in [0.05, 0.1) is 53.5 Å². The molecule has 0 bridgehead atoms. The number of rotatable bonds is 20. The molecule has 32 nitrogen and oxygen atoms in total. The lowest BCUT2D eigenvalue weighted by atomic mass is 10.1. The summed E-state index contributed by atoms with van der Waals surface area (Å²) < 4.78 is 63.7. The van der Waals surface area contributed by atoms with E-state index >= 15 is 0 Å². The summed E-state index contributed by atoms with van der Waals surface area (Å²) >= 11 is 5.99. The highest BCUT2D eigenvalue weighted by Gasteiger charge is 2.39. The van der Waals surface area contributed by atoms with Gasteiger partial charge in [-0.1, -0.05) is 96.5 Å². The number of nitrogens with zero attached hydrogens (tertiary/aromatic N) is 20. The lowest BCUT2D eigenvalue weighted by Gasteiger charge is -2.26.